The van der Waals surface area contributed by atoms with Crippen LogP contribution in [0.4, 0.5) is 5.13 Å². The van der Waals surface area contributed by atoms with Crippen molar-refractivity contribution < 1.29 is 9.32 Å². The summed E-state index contributed by atoms with van der Waals surface area (Å²) in [5, 5.41) is 6.99. The van der Waals surface area contributed by atoms with Crippen molar-refractivity contribution in [3.63, 3.8) is 0 Å². The summed E-state index contributed by atoms with van der Waals surface area (Å²) in [7, 11) is 0. The molecule has 0 saturated carbocycles. The van der Waals surface area contributed by atoms with Gasteiger partial charge in [-0.15, -0.1) is 0 Å². The summed E-state index contributed by atoms with van der Waals surface area (Å²) in [4.78, 5) is 16.0. The third-order valence-corrected chi connectivity index (χ3v) is 3.15. The van der Waals surface area contributed by atoms with Crippen molar-refractivity contribution in [3.8, 4) is 0 Å². The normalized spacial score (nSPS) is 10.8. The van der Waals surface area contributed by atoms with Crippen molar-refractivity contribution in [2.45, 2.75) is 26.3 Å². The second-order valence-electron chi connectivity index (χ2n) is 4.12. The van der Waals surface area contributed by atoms with E-state index >= 15 is 0 Å². The van der Waals surface area contributed by atoms with Crippen LogP contribution in [0.5, 0.6) is 0 Å². The van der Waals surface area contributed by atoms with E-state index in [4.69, 9.17) is 10.3 Å². The predicted octanol–water partition coefficient (Wildman–Crippen LogP) is 1.77. The lowest BCUT2D eigenvalue weighted by molar-refractivity contribution is 0.0954. The van der Waals surface area contributed by atoms with E-state index in [1.807, 2.05) is 19.9 Å². The molecule has 0 saturated heterocycles. The number of anilines is 1. The molecule has 0 aliphatic heterocycles. The highest BCUT2D eigenvalue weighted by Crippen LogP contribution is 2.16. The molecule has 18 heavy (non-hydrogen) atoms. The fourth-order valence-corrected chi connectivity index (χ4v) is 1.94. The number of amides is 1. The Balaban J connectivity index is 1.93. The maximum Gasteiger partial charge on any atom is 0.263 e. The molecule has 0 aromatic carbocycles. The predicted molar refractivity (Wildman–Crippen MR) is 68.3 cm³/mol. The number of hydrogen-bond donors (Lipinski definition) is 2. The summed E-state index contributed by atoms with van der Waals surface area (Å²) in [6.07, 6.45) is 1.46. The quantitative estimate of drug-likeness (QED) is 0.879. The van der Waals surface area contributed by atoms with Crippen LogP contribution in [0.1, 0.15) is 40.9 Å². The second-order valence-corrected chi connectivity index (χ2v) is 5.18. The molecule has 0 atom stereocenters. The third-order valence-electron chi connectivity index (χ3n) is 2.32. The molecule has 0 bridgehead atoms. The van der Waals surface area contributed by atoms with Gasteiger partial charge >= 0.3 is 0 Å². The van der Waals surface area contributed by atoms with Gasteiger partial charge in [0, 0.05) is 12.0 Å². The first-order valence-electron chi connectivity index (χ1n) is 5.51. The second kappa shape index (κ2) is 5.18. The molecule has 0 radical (unpaired) electrons. The molecule has 6 nitrogen and oxygen atoms in total. The molecular formula is C11H14N4O2S. The molecule has 2 heterocycles. The Hall–Kier alpha value is -1.89. The van der Waals surface area contributed by atoms with Crippen molar-refractivity contribution in [1.82, 2.24) is 15.5 Å². The van der Waals surface area contributed by atoms with Gasteiger partial charge in [0.2, 0.25) is 0 Å². The summed E-state index contributed by atoms with van der Waals surface area (Å²) < 4.78 is 5.14. The molecule has 2 rings (SSSR count). The first kappa shape index (κ1) is 12.6. The molecule has 96 valence electrons. The van der Waals surface area contributed by atoms with E-state index in [2.05, 4.69) is 15.5 Å². The zero-order valence-corrected chi connectivity index (χ0v) is 11.0. The summed E-state index contributed by atoms with van der Waals surface area (Å²) >= 11 is 1.15. The van der Waals surface area contributed by atoms with Gasteiger partial charge in [-0.3, -0.25) is 4.79 Å². The molecule has 0 aliphatic carbocycles. The van der Waals surface area contributed by atoms with E-state index in [0.717, 1.165) is 17.1 Å². The van der Waals surface area contributed by atoms with E-state index in [9.17, 15) is 4.79 Å². The van der Waals surface area contributed by atoms with Crippen molar-refractivity contribution in [2.24, 2.45) is 0 Å². The maximum atomic E-state index is 11.7. The van der Waals surface area contributed by atoms with Crippen molar-refractivity contribution in [2.75, 3.05) is 5.73 Å². The Kier molecular flexibility index (Phi) is 3.61. The van der Waals surface area contributed by atoms with Crippen LogP contribution in [-0.4, -0.2) is 16.0 Å². The van der Waals surface area contributed by atoms with Gasteiger partial charge in [-0.1, -0.05) is 30.3 Å². The van der Waals surface area contributed by atoms with Crippen LogP contribution in [0.25, 0.3) is 0 Å². The van der Waals surface area contributed by atoms with Crippen LogP contribution >= 0.6 is 11.3 Å². The Morgan fingerprint density at radius 1 is 1.61 bits per heavy atom. The van der Waals surface area contributed by atoms with Crippen LogP contribution in [0.15, 0.2) is 16.8 Å². The first-order chi connectivity index (χ1) is 8.56. The van der Waals surface area contributed by atoms with Crippen LogP contribution in [-0.2, 0) is 6.54 Å². The molecule has 1 amide bonds. The minimum absolute atomic E-state index is 0.210. The molecule has 0 spiro atoms. The lowest BCUT2D eigenvalue weighted by Gasteiger charge is -1.98. The number of nitrogens with two attached hydrogens (primary N) is 1. The average molecular weight is 266 g/mol. The van der Waals surface area contributed by atoms with Gasteiger partial charge < -0.3 is 15.6 Å². The molecule has 0 unspecified atom stereocenters. The van der Waals surface area contributed by atoms with Gasteiger partial charge in [0.05, 0.1) is 12.7 Å². The average Bonchev–Trinajstić information content (AvgIpc) is 2.94. The van der Waals surface area contributed by atoms with Gasteiger partial charge in [0.25, 0.3) is 5.91 Å². The van der Waals surface area contributed by atoms with Crippen LogP contribution in [0.3, 0.4) is 0 Å². The number of nitrogen functional groups attached to an aromatic ring is 1. The topological polar surface area (TPSA) is 94.0 Å². The van der Waals surface area contributed by atoms with E-state index in [0.29, 0.717) is 22.2 Å². The SMILES string of the molecule is CC(C)c1cc(CNC(=O)c2cnc(N)s2)no1. The standard InChI is InChI=1S/C11H14N4O2S/c1-6(2)8-3-7(15-17-8)4-13-10(16)9-5-14-11(12)18-9/h3,5-6H,4H2,1-2H3,(H2,12,14)(H,13,16). The molecular weight excluding hydrogens is 252 g/mol. The Bertz CT molecular complexity index is 547. The summed E-state index contributed by atoms with van der Waals surface area (Å²) in [5.74, 6) is 0.878. The molecule has 7 heteroatoms. The highest BCUT2D eigenvalue weighted by atomic mass is 32.1. The number of nitrogens with zero attached hydrogens (tertiary/aromatic N) is 2. The summed E-state index contributed by atoms with van der Waals surface area (Å²) in [5.41, 5.74) is 6.16. The van der Waals surface area contributed by atoms with Crippen LogP contribution in [0, 0.1) is 0 Å². The number of hydrogen-bond acceptors (Lipinski definition) is 6. The lowest BCUT2D eigenvalue weighted by Crippen LogP contribution is -2.21. The highest BCUT2D eigenvalue weighted by Gasteiger charge is 2.11. The zero-order chi connectivity index (χ0) is 13.1. The third kappa shape index (κ3) is 2.86. The van der Waals surface area contributed by atoms with Gasteiger partial charge in [0.15, 0.2) is 5.13 Å². The highest BCUT2D eigenvalue weighted by molar-refractivity contribution is 7.17. The number of carbonyl (C=O) groups is 1. The van der Waals surface area contributed by atoms with Gasteiger partial charge in [-0.25, -0.2) is 4.98 Å². The number of thiazole rings is 1. The van der Waals surface area contributed by atoms with E-state index in [1.165, 1.54) is 6.20 Å². The Morgan fingerprint density at radius 3 is 2.94 bits per heavy atom. The first-order valence-corrected chi connectivity index (χ1v) is 6.33. The minimum Gasteiger partial charge on any atom is -0.375 e. The monoisotopic (exact) mass is 266 g/mol. The fourth-order valence-electron chi connectivity index (χ4n) is 1.33. The van der Waals surface area contributed by atoms with Crippen molar-refractivity contribution in [3.05, 3.63) is 28.6 Å². The number of aromatic nitrogens is 2. The molecule has 2 aromatic rings. The van der Waals surface area contributed by atoms with E-state index in [1.54, 1.807) is 0 Å². The summed E-state index contributed by atoms with van der Waals surface area (Å²) in [6.45, 7) is 4.36. The van der Waals surface area contributed by atoms with Gasteiger partial charge in [0.1, 0.15) is 16.3 Å². The zero-order valence-electron chi connectivity index (χ0n) is 10.1. The smallest absolute Gasteiger partial charge is 0.263 e. The Labute approximate surface area is 108 Å². The maximum absolute atomic E-state index is 11.7. The number of rotatable bonds is 4. The molecule has 3 N–H and O–H groups in total. The molecule has 2 aromatic heterocycles. The van der Waals surface area contributed by atoms with Crippen molar-refractivity contribution >= 4 is 22.4 Å². The summed E-state index contributed by atoms with van der Waals surface area (Å²) in [6, 6.07) is 1.84. The minimum atomic E-state index is -0.210. The van der Waals surface area contributed by atoms with E-state index in [-0.39, 0.29) is 11.8 Å². The number of nitrogens with one attached hydrogen (secondary N) is 1. The van der Waals surface area contributed by atoms with Crippen LogP contribution < -0.4 is 11.1 Å². The van der Waals surface area contributed by atoms with Crippen LogP contribution in [0.2, 0.25) is 0 Å². The molecule has 0 fully saturated rings. The largest absolute Gasteiger partial charge is 0.375 e. The van der Waals surface area contributed by atoms with Gasteiger partial charge in [-0.2, -0.15) is 0 Å². The lowest BCUT2D eigenvalue weighted by atomic mass is 10.1. The van der Waals surface area contributed by atoms with Gasteiger partial charge in [-0.05, 0) is 0 Å². The molecule has 0 aliphatic rings. The fraction of sp³-hybridized carbons (Fsp3) is 0.364. The Morgan fingerprint density at radius 2 is 2.39 bits per heavy atom. The number of carbonyl (C=O) groups excluding carboxylic acids is 1. The van der Waals surface area contributed by atoms with E-state index < -0.39 is 0 Å². The van der Waals surface area contributed by atoms with Crippen molar-refractivity contribution in [1.29, 1.82) is 0 Å².